The Hall–Kier alpha value is -5.45. The molecule has 0 fully saturated rings. The molecular weight excluding hydrogens is 638 g/mol. The number of halogens is 1. The van der Waals surface area contributed by atoms with E-state index in [0.29, 0.717) is 16.1 Å². The van der Waals surface area contributed by atoms with Crippen molar-refractivity contribution in [1.29, 1.82) is 0 Å². The van der Waals surface area contributed by atoms with Gasteiger partial charge >= 0.3 is 5.97 Å². The van der Waals surface area contributed by atoms with Crippen molar-refractivity contribution in [2.75, 3.05) is 24.6 Å². The maximum Gasteiger partial charge on any atom is 0.338 e. The lowest BCUT2D eigenvalue weighted by Gasteiger charge is -2.52. The third kappa shape index (κ3) is 5.32. The monoisotopic (exact) mass is 673 g/mol. The van der Waals surface area contributed by atoms with Gasteiger partial charge in [0.05, 0.1) is 5.56 Å². The first-order valence-electron chi connectivity index (χ1n) is 17.1. The number of nitrogens with zero attached hydrogens (tertiary/aromatic N) is 1. The molecule has 0 unspecified atom stereocenters. The summed E-state index contributed by atoms with van der Waals surface area (Å²) in [7, 11) is 0. The molecule has 6 aromatic rings. The van der Waals surface area contributed by atoms with Gasteiger partial charge in [0.2, 0.25) is 0 Å². The molecule has 4 nitrogen and oxygen atoms in total. The van der Waals surface area contributed by atoms with Gasteiger partial charge in [0.25, 0.3) is 0 Å². The van der Waals surface area contributed by atoms with E-state index in [1.165, 1.54) is 22.3 Å². The number of ketones is 1. The fourth-order valence-electron chi connectivity index (χ4n) is 8.31. The molecule has 2 heterocycles. The number of carbonyl (C=O) groups excluding carboxylic acids is 2. The second kappa shape index (κ2) is 13.1. The Morgan fingerprint density at radius 3 is 1.36 bits per heavy atom. The Morgan fingerprint density at radius 2 is 0.960 bits per heavy atom. The van der Waals surface area contributed by atoms with E-state index in [-0.39, 0.29) is 12.4 Å². The summed E-state index contributed by atoms with van der Waals surface area (Å²) in [6.07, 6.45) is 1.68. The first kappa shape index (κ1) is 31.8. The molecular formula is C45H36ClNO3. The third-order valence-electron chi connectivity index (χ3n) is 10.7. The predicted molar refractivity (Wildman–Crippen MR) is 199 cm³/mol. The van der Waals surface area contributed by atoms with E-state index >= 15 is 0 Å². The first-order valence-corrected chi connectivity index (χ1v) is 17.5. The van der Waals surface area contributed by atoms with E-state index in [1.54, 1.807) is 24.3 Å². The quantitative estimate of drug-likeness (QED) is 0.119. The molecule has 50 heavy (non-hydrogen) atoms. The molecule has 0 spiro atoms. The highest BCUT2D eigenvalue weighted by Gasteiger charge is 2.50. The summed E-state index contributed by atoms with van der Waals surface area (Å²) in [6.45, 7) is 1.36. The second-order valence-corrected chi connectivity index (χ2v) is 13.6. The summed E-state index contributed by atoms with van der Waals surface area (Å²) in [5.74, 6) is -0.814. The van der Waals surface area contributed by atoms with Crippen LogP contribution in [0.25, 0.3) is 0 Å². The molecule has 8 rings (SSSR count). The maximum absolute atomic E-state index is 14.2. The highest BCUT2D eigenvalue weighted by molar-refractivity contribution is 6.30. The Balaban J connectivity index is 1.38. The minimum atomic E-state index is -0.533. The maximum atomic E-state index is 14.2. The molecule has 0 saturated carbocycles. The van der Waals surface area contributed by atoms with Crippen molar-refractivity contribution in [2.45, 2.75) is 23.7 Å². The normalized spacial score (nSPS) is 15.5. The van der Waals surface area contributed by atoms with Crippen LogP contribution in [0.15, 0.2) is 158 Å². The number of hydrogen-bond donors (Lipinski definition) is 0. The Morgan fingerprint density at radius 1 is 0.560 bits per heavy atom. The van der Waals surface area contributed by atoms with E-state index in [9.17, 15) is 9.59 Å². The molecule has 0 radical (unpaired) electrons. The van der Waals surface area contributed by atoms with Gasteiger partial charge in [0.15, 0.2) is 12.4 Å². The van der Waals surface area contributed by atoms with Crippen LogP contribution in [-0.4, -0.2) is 31.4 Å². The summed E-state index contributed by atoms with van der Waals surface area (Å²) in [6, 6.07) is 53.3. The van der Waals surface area contributed by atoms with Gasteiger partial charge in [-0.2, -0.15) is 0 Å². The topological polar surface area (TPSA) is 46.6 Å². The average Bonchev–Trinajstić information content (AvgIpc) is 3.19. The SMILES string of the molecule is O=C(COC(=O)c1cc2c3c(c1)C(c1ccccc1)(c1ccccc1)CCN3CCC2(c1ccccc1)c1ccccc1)c1ccc(Cl)cc1. The molecule has 0 aromatic heterocycles. The average molecular weight is 674 g/mol. The standard InChI is InChI=1S/C45H36ClNO3/c46-38-23-21-32(22-24-38)41(48)31-50-43(49)33-29-39-42-40(30-33)45(36-17-9-3-10-18-36,37-19-11-4-12-20-37)26-28-47(42)27-25-44(39,34-13-5-1-6-14-34)35-15-7-2-8-16-35/h1-24,29-30H,25-28,31H2. The Bertz CT molecular complexity index is 1950. The minimum absolute atomic E-state index is 0.286. The first-order chi connectivity index (χ1) is 24.5. The van der Waals surface area contributed by atoms with E-state index in [4.69, 9.17) is 16.3 Å². The van der Waals surface area contributed by atoms with Crippen LogP contribution in [0.4, 0.5) is 5.69 Å². The number of ether oxygens (including phenoxy) is 1. The summed E-state index contributed by atoms with van der Waals surface area (Å²) in [5.41, 5.74) is 7.81. The van der Waals surface area contributed by atoms with Crippen molar-refractivity contribution in [2.24, 2.45) is 0 Å². The van der Waals surface area contributed by atoms with Crippen LogP contribution in [0.3, 0.4) is 0 Å². The van der Waals surface area contributed by atoms with E-state index in [0.717, 1.165) is 42.7 Å². The van der Waals surface area contributed by atoms with E-state index < -0.39 is 16.8 Å². The van der Waals surface area contributed by atoms with Crippen molar-refractivity contribution in [3.05, 3.63) is 207 Å². The molecule has 2 aliphatic rings. The Labute approximate surface area is 297 Å². The number of esters is 1. The number of anilines is 1. The van der Waals surface area contributed by atoms with Crippen LogP contribution >= 0.6 is 11.6 Å². The lowest BCUT2D eigenvalue weighted by Crippen LogP contribution is -2.49. The molecule has 246 valence electrons. The zero-order chi connectivity index (χ0) is 34.1. The molecule has 5 heteroatoms. The zero-order valence-corrected chi connectivity index (χ0v) is 28.4. The van der Waals surface area contributed by atoms with Gasteiger partial charge in [-0.3, -0.25) is 4.79 Å². The number of carbonyl (C=O) groups is 2. The molecule has 0 aliphatic carbocycles. The molecule has 0 saturated heterocycles. The number of rotatable bonds is 8. The van der Waals surface area contributed by atoms with Crippen molar-refractivity contribution < 1.29 is 14.3 Å². The molecule has 2 aliphatic heterocycles. The van der Waals surface area contributed by atoms with E-state index in [1.807, 2.05) is 36.4 Å². The highest BCUT2D eigenvalue weighted by atomic mass is 35.5. The van der Waals surface area contributed by atoms with Gasteiger partial charge in [0, 0.05) is 40.2 Å². The van der Waals surface area contributed by atoms with Gasteiger partial charge in [0.1, 0.15) is 0 Å². The van der Waals surface area contributed by atoms with Gasteiger partial charge in [-0.1, -0.05) is 133 Å². The third-order valence-corrected chi connectivity index (χ3v) is 10.9. The highest BCUT2D eigenvalue weighted by Crippen LogP contribution is 2.57. The van der Waals surface area contributed by atoms with Crippen molar-refractivity contribution in [3.8, 4) is 0 Å². The van der Waals surface area contributed by atoms with Gasteiger partial charge in [-0.15, -0.1) is 0 Å². The molecule has 0 amide bonds. The van der Waals surface area contributed by atoms with Crippen LogP contribution < -0.4 is 4.90 Å². The zero-order valence-electron chi connectivity index (χ0n) is 27.6. The smallest absolute Gasteiger partial charge is 0.338 e. The lowest BCUT2D eigenvalue weighted by molar-refractivity contribution is 0.0474. The number of benzene rings is 6. The van der Waals surface area contributed by atoms with E-state index in [2.05, 4.69) is 102 Å². The summed E-state index contributed by atoms with van der Waals surface area (Å²) >= 11 is 6.05. The van der Waals surface area contributed by atoms with Crippen LogP contribution in [0, 0.1) is 0 Å². The van der Waals surface area contributed by atoms with Crippen LogP contribution in [0.1, 0.15) is 66.9 Å². The fraction of sp³-hybridized carbons (Fsp3) is 0.156. The van der Waals surface area contributed by atoms with Crippen molar-refractivity contribution in [3.63, 3.8) is 0 Å². The minimum Gasteiger partial charge on any atom is -0.454 e. The number of Topliss-reactive ketones (excluding diaryl/α,β-unsaturated/α-hetero) is 1. The lowest BCUT2D eigenvalue weighted by atomic mass is 9.59. The van der Waals surface area contributed by atoms with Crippen LogP contribution in [-0.2, 0) is 15.6 Å². The molecule has 0 bridgehead atoms. The van der Waals surface area contributed by atoms with Gasteiger partial charge < -0.3 is 9.64 Å². The molecule has 0 atom stereocenters. The largest absolute Gasteiger partial charge is 0.454 e. The fourth-order valence-corrected chi connectivity index (χ4v) is 8.44. The van der Waals surface area contributed by atoms with Crippen LogP contribution in [0.5, 0.6) is 0 Å². The van der Waals surface area contributed by atoms with Gasteiger partial charge in [-0.25, -0.2) is 4.79 Å². The van der Waals surface area contributed by atoms with Crippen molar-refractivity contribution in [1.82, 2.24) is 0 Å². The molecule has 0 N–H and O–H groups in total. The van der Waals surface area contributed by atoms with Gasteiger partial charge in [-0.05, 0) is 82.6 Å². The second-order valence-electron chi connectivity index (χ2n) is 13.2. The van der Waals surface area contributed by atoms with Crippen molar-refractivity contribution >= 4 is 29.0 Å². The predicted octanol–water partition coefficient (Wildman–Crippen LogP) is 9.66. The number of hydrogen-bond acceptors (Lipinski definition) is 4. The Kier molecular flexibility index (Phi) is 8.34. The summed E-state index contributed by atoms with van der Waals surface area (Å²) < 4.78 is 5.83. The summed E-state index contributed by atoms with van der Waals surface area (Å²) in [4.78, 5) is 29.9. The molecule has 6 aromatic carbocycles. The van der Waals surface area contributed by atoms with Crippen LogP contribution in [0.2, 0.25) is 5.02 Å². The summed E-state index contributed by atoms with van der Waals surface area (Å²) in [5, 5.41) is 0.538.